The average molecular weight is 254 g/mol. The molecule has 0 saturated carbocycles. The van der Waals surface area contributed by atoms with Crippen molar-refractivity contribution in [3.63, 3.8) is 0 Å². The van der Waals surface area contributed by atoms with Gasteiger partial charge in [0.05, 0.1) is 12.7 Å². The van der Waals surface area contributed by atoms with Gasteiger partial charge in [0, 0.05) is 0 Å². The summed E-state index contributed by atoms with van der Waals surface area (Å²) in [7, 11) is 0. The molecule has 0 radical (unpaired) electrons. The predicted molar refractivity (Wildman–Crippen MR) is 75.0 cm³/mol. The van der Waals surface area contributed by atoms with E-state index in [0.717, 1.165) is 30.4 Å². The molecule has 1 unspecified atom stereocenters. The fraction of sp³-hybridized carbons (Fsp3) is 0.294. The zero-order valence-electron chi connectivity index (χ0n) is 10.9. The van der Waals surface area contributed by atoms with Crippen LogP contribution in [0.5, 0.6) is 5.75 Å². The number of rotatable bonds is 3. The largest absolute Gasteiger partial charge is 0.508 e. The van der Waals surface area contributed by atoms with Crippen molar-refractivity contribution in [1.29, 1.82) is 0 Å². The van der Waals surface area contributed by atoms with Crippen LogP contribution in [-0.4, -0.2) is 5.11 Å². The molecule has 0 aromatic heterocycles. The highest BCUT2D eigenvalue weighted by atomic mass is 16.5. The van der Waals surface area contributed by atoms with Gasteiger partial charge in [0.1, 0.15) is 5.75 Å². The van der Waals surface area contributed by atoms with Gasteiger partial charge in [0.25, 0.3) is 0 Å². The molecule has 3 rings (SSSR count). The van der Waals surface area contributed by atoms with Crippen molar-refractivity contribution in [2.24, 2.45) is 0 Å². The van der Waals surface area contributed by atoms with Crippen LogP contribution in [0.4, 0.5) is 0 Å². The maximum absolute atomic E-state index is 9.90. The van der Waals surface area contributed by atoms with Crippen LogP contribution in [0, 0.1) is 0 Å². The molecule has 1 N–H and O–H groups in total. The SMILES string of the molecule is Oc1cccc2c1CCCC2OCc1ccccc1. The summed E-state index contributed by atoms with van der Waals surface area (Å²) in [6.45, 7) is 0.626. The van der Waals surface area contributed by atoms with Crippen LogP contribution in [0.2, 0.25) is 0 Å². The van der Waals surface area contributed by atoms with Crippen molar-refractivity contribution in [2.75, 3.05) is 0 Å². The normalized spacial score (nSPS) is 18.0. The van der Waals surface area contributed by atoms with Gasteiger partial charge in [-0.05, 0) is 42.0 Å². The van der Waals surface area contributed by atoms with Gasteiger partial charge >= 0.3 is 0 Å². The first kappa shape index (κ1) is 12.2. The molecule has 2 nitrogen and oxygen atoms in total. The quantitative estimate of drug-likeness (QED) is 0.897. The van der Waals surface area contributed by atoms with E-state index in [0.29, 0.717) is 12.4 Å². The van der Waals surface area contributed by atoms with Gasteiger partial charge in [-0.1, -0.05) is 42.5 Å². The summed E-state index contributed by atoms with van der Waals surface area (Å²) in [4.78, 5) is 0. The van der Waals surface area contributed by atoms with Crippen molar-refractivity contribution in [2.45, 2.75) is 32.0 Å². The number of phenolic OH excluding ortho intramolecular Hbond substituents is 1. The molecule has 19 heavy (non-hydrogen) atoms. The Morgan fingerprint density at radius 1 is 1.05 bits per heavy atom. The van der Waals surface area contributed by atoms with Gasteiger partial charge in [0.15, 0.2) is 0 Å². The molecule has 0 aliphatic heterocycles. The molecular weight excluding hydrogens is 236 g/mol. The molecule has 1 aliphatic rings. The Bertz CT molecular complexity index is 548. The van der Waals surface area contributed by atoms with Gasteiger partial charge in [-0.15, -0.1) is 0 Å². The third-order valence-electron chi connectivity index (χ3n) is 3.72. The van der Waals surface area contributed by atoms with Gasteiger partial charge < -0.3 is 9.84 Å². The highest BCUT2D eigenvalue weighted by Gasteiger charge is 2.22. The van der Waals surface area contributed by atoms with Crippen LogP contribution in [0.15, 0.2) is 48.5 Å². The van der Waals surface area contributed by atoms with E-state index in [1.54, 1.807) is 6.07 Å². The van der Waals surface area contributed by atoms with Crippen molar-refractivity contribution in [3.8, 4) is 5.75 Å². The summed E-state index contributed by atoms with van der Waals surface area (Å²) >= 11 is 0. The van der Waals surface area contributed by atoms with Gasteiger partial charge in [-0.3, -0.25) is 0 Å². The standard InChI is InChI=1S/C17H18O2/c18-16-10-4-9-15-14(16)8-5-11-17(15)19-12-13-6-2-1-3-7-13/h1-4,6-7,9-10,17-18H,5,8,11-12H2. The zero-order chi connectivity index (χ0) is 13.1. The van der Waals surface area contributed by atoms with Gasteiger partial charge in [-0.25, -0.2) is 0 Å². The Hall–Kier alpha value is -1.80. The van der Waals surface area contributed by atoms with Crippen molar-refractivity contribution in [3.05, 3.63) is 65.2 Å². The molecule has 2 aromatic rings. The van der Waals surface area contributed by atoms with E-state index in [4.69, 9.17) is 4.74 Å². The molecule has 0 fully saturated rings. The van der Waals surface area contributed by atoms with Crippen molar-refractivity contribution < 1.29 is 9.84 Å². The lowest BCUT2D eigenvalue weighted by atomic mass is 9.89. The van der Waals surface area contributed by atoms with Crippen LogP contribution >= 0.6 is 0 Å². The van der Waals surface area contributed by atoms with E-state index in [1.165, 1.54) is 5.56 Å². The molecule has 2 aromatic carbocycles. The second-order valence-electron chi connectivity index (χ2n) is 5.02. The number of phenols is 1. The van der Waals surface area contributed by atoms with Crippen LogP contribution in [0.3, 0.4) is 0 Å². The number of hydrogen-bond acceptors (Lipinski definition) is 2. The molecule has 0 heterocycles. The Balaban J connectivity index is 1.75. The minimum absolute atomic E-state index is 0.107. The van der Waals surface area contributed by atoms with Gasteiger partial charge in [0.2, 0.25) is 0 Å². The molecule has 1 aliphatic carbocycles. The number of ether oxygens (including phenoxy) is 1. The molecule has 0 amide bonds. The van der Waals surface area contributed by atoms with E-state index in [9.17, 15) is 5.11 Å². The smallest absolute Gasteiger partial charge is 0.119 e. The second kappa shape index (κ2) is 5.45. The van der Waals surface area contributed by atoms with E-state index < -0.39 is 0 Å². The third kappa shape index (κ3) is 2.64. The van der Waals surface area contributed by atoms with E-state index in [2.05, 4.69) is 18.2 Å². The molecule has 1 atom stereocenters. The molecule has 0 saturated heterocycles. The summed E-state index contributed by atoms with van der Waals surface area (Å²) in [5, 5.41) is 9.90. The van der Waals surface area contributed by atoms with Crippen LogP contribution in [-0.2, 0) is 17.8 Å². The van der Waals surface area contributed by atoms with E-state index in [1.807, 2.05) is 24.3 Å². The monoisotopic (exact) mass is 254 g/mol. The minimum Gasteiger partial charge on any atom is -0.508 e. The number of fused-ring (bicyclic) bond motifs is 1. The first-order valence-corrected chi connectivity index (χ1v) is 6.81. The van der Waals surface area contributed by atoms with Crippen molar-refractivity contribution >= 4 is 0 Å². The molecule has 98 valence electrons. The first-order valence-electron chi connectivity index (χ1n) is 6.81. The number of hydrogen-bond donors (Lipinski definition) is 1. The minimum atomic E-state index is 0.107. The number of benzene rings is 2. The second-order valence-corrected chi connectivity index (χ2v) is 5.02. The lowest BCUT2D eigenvalue weighted by Gasteiger charge is -2.26. The maximum atomic E-state index is 9.90. The summed E-state index contributed by atoms with van der Waals surface area (Å²) < 4.78 is 6.04. The zero-order valence-corrected chi connectivity index (χ0v) is 10.9. The summed E-state index contributed by atoms with van der Waals surface area (Å²) in [6.07, 6.45) is 3.16. The average Bonchev–Trinajstić information content (AvgIpc) is 2.47. The number of aromatic hydroxyl groups is 1. The fourth-order valence-electron chi connectivity index (χ4n) is 2.73. The molecule has 2 heteroatoms. The highest BCUT2D eigenvalue weighted by Crippen LogP contribution is 2.37. The first-order chi connectivity index (χ1) is 9.34. The molecule has 0 spiro atoms. The van der Waals surface area contributed by atoms with E-state index >= 15 is 0 Å². The lowest BCUT2D eigenvalue weighted by molar-refractivity contribution is 0.0280. The Labute approximate surface area is 113 Å². The molecule has 0 bridgehead atoms. The Kier molecular flexibility index (Phi) is 3.51. The Morgan fingerprint density at radius 3 is 2.74 bits per heavy atom. The summed E-state index contributed by atoms with van der Waals surface area (Å²) in [5.41, 5.74) is 3.41. The van der Waals surface area contributed by atoms with E-state index in [-0.39, 0.29) is 6.10 Å². The maximum Gasteiger partial charge on any atom is 0.119 e. The van der Waals surface area contributed by atoms with Crippen LogP contribution < -0.4 is 0 Å². The van der Waals surface area contributed by atoms with Crippen LogP contribution in [0.25, 0.3) is 0 Å². The fourth-order valence-corrected chi connectivity index (χ4v) is 2.73. The highest BCUT2D eigenvalue weighted by molar-refractivity contribution is 5.42. The van der Waals surface area contributed by atoms with Crippen LogP contribution in [0.1, 0.15) is 35.6 Å². The predicted octanol–water partition coefficient (Wildman–Crippen LogP) is 3.99. The third-order valence-corrected chi connectivity index (χ3v) is 3.72. The van der Waals surface area contributed by atoms with Crippen molar-refractivity contribution in [1.82, 2.24) is 0 Å². The summed E-state index contributed by atoms with van der Waals surface area (Å²) in [6, 6.07) is 16.0. The molecular formula is C17H18O2. The summed E-state index contributed by atoms with van der Waals surface area (Å²) in [5.74, 6) is 0.408. The topological polar surface area (TPSA) is 29.5 Å². The van der Waals surface area contributed by atoms with Gasteiger partial charge in [-0.2, -0.15) is 0 Å². The Morgan fingerprint density at radius 2 is 1.89 bits per heavy atom. The lowest BCUT2D eigenvalue weighted by Crippen LogP contribution is -2.13.